The molecule has 4 atom stereocenters. The van der Waals surface area contributed by atoms with Gasteiger partial charge in [0.1, 0.15) is 6.07 Å². The average molecular weight is 299 g/mol. The maximum atomic E-state index is 12.7. The van der Waals surface area contributed by atoms with E-state index in [1.165, 1.54) is 11.0 Å². The molecule has 1 aliphatic heterocycles. The number of carbonyl (C=O) groups is 2. The molecular formula is C16H11ClN2O2. The predicted octanol–water partition coefficient (Wildman–Crippen LogP) is 2.52. The maximum Gasteiger partial charge on any atom is 0.238 e. The normalized spacial score (nSPS) is 32.7. The number of nitriles is 1. The average Bonchev–Trinajstić information content (AvgIpc) is 3.13. The number of hydrogen-bond donors (Lipinski definition) is 0. The van der Waals surface area contributed by atoms with Gasteiger partial charge in [0.2, 0.25) is 11.8 Å². The van der Waals surface area contributed by atoms with Crippen LogP contribution in [0.3, 0.4) is 0 Å². The molecule has 2 bridgehead atoms. The summed E-state index contributed by atoms with van der Waals surface area (Å²) in [6.07, 6.45) is 4.98. The molecule has 1 aromatic carbocycles. The van der Waals surface area contributed by atoms with Crippen molar-refractivity contribution < 1.29 is 9.59 Å². The Balaban J connectivity index is 1.82. The first-order valence-electron chi connectivity index (χ1n) is 6.87. The second-order valence-electron chi connectivity index (χ2n) is 5.79. The van der Waals surface area contributed by atoms with Crippen LogP contribution in [0.5, 0.6) is 0 Å². The first-order chi connectivity index (χ1) is 10.1. The zero-order chi connectivity index (χ0) is 14.7. The highest BCUT2D eigenvalue weighted by molar-refractivity contribution is 6.31. The molecule has 1 aromatic rings. The van der Waals surface area contributed by atoms with E-state index in [-0.39, 0.29) is 35.5 Å². The molecule has 1 saturated heterocycles. The van der Waals surface area contributed by atoms with Crippen LogP contribution in [-0.2, 0) is 9.59 Å². The first kappa shape index (κ1) is 12.6. The van der Waals surface area contributed by atoms with Crippen LogP contribution >= 0.6 is 11.6 Å². The van der Waals surface area contributed by atoms with Crippen LogP contribution in [0.25, 0.3) is 0 Å². The molecule has 21 heavy (non-hydrogen) atoms. The number of allylic oxidation sites excluding steroid dienone is 2. The third-order valence-electron chi connectivity index (χ3n) is 4.79. The van der Waals surface area contributed by atoms with Crippen molar-refractivity contribution in [2.24, 2.45) is 23.7 Å². The summed E-state index contributed by atoms with van der Waals surface area (Å²) >= 11 is 5.97. The summed E-state index contributed by atoms with van der Waals surface area (Å²) < 4.78 is 0. The molecule has 0 spiro atoms. The molecule has 2 aliphatic carbocycles. The Kier molecular flexibility index (Phi) is 2.51. The SMILES string of the molecule is N#Cc1ccc(Cl)cc1N1C(=O)[C@@H]2[C@H](C1=O)[C@H]1C=C[C@H]2C1. The summed E-state index contributed by atoms with van der Waals surface area (Å²) in [5.74, 6) is -0.602. The summed E-state index contributed by atoms with van der Waals surface area (Å²) in [5, 5.41) is 9.61. The lowest BCUT2D eigenvalue weighted by atomic mass is 9.85. The Morgan fingerprint density at radius 3 is 2.33 bits per heavy atom. The van der Waals surface area contributed by atoms with Gasteiger partial charge in [0.25, 0.3) is 0 Å². The Morgan fingerprint density at radius 1 is 1.14 bits per heavy atom. The van der Waals surface area contributed by atoms with Crippen LogP contribution < -0.4 is 4.90 Å². The van der Waals surface area contributed by atoms with Crippen molar-refractivity contribution in [3.05, 3.63) is 40.9 Å². The van der Waals surface area contributed by atoms with Crippen LogP contribution in [-0.4, -0.2) is 11.8 Å². The zero-order valence-corrected chi connectivity index (χ0v) is 11.7. The molecule has 1 saturated carbocycles. The van der Waals surface area contributed by atoms with Crippen molar-refractivity contribution in [3.63, 3.8) is 0 Å². The maximum absolute atomic E-state index is 12.7. The van der Waals surface area contributed by atoms with Gasteiger partial charge in [-0.2, -0.15) is 5.26 Å². The second kappa shape index (κ2) is 4.19. The highest BCUT2D eigenvalue weighted by Gasteiger charge is 2.59. The van der Waals surface area contributed by atoms with Gasteiger partial charge in [0.05, 0.1) is 23.1 Å². The quantitative estimate of drug-likeness (QED) is 0.591. The van der Waals surface area contributed by atoms with Crippen molar-refractivity contribution in [2.75, 3.05) is 4.90 Å². The number of rotatable bonds is 1. The summed E-state index contributed by atoms with van der Waals surface area (Å²) in [4.78, 5) is 26.5. The molecule has 2 amide bonds. The van der Waals surface area contributed by atoms with Gasteiger partial charge in [-0.15, -0.1) is 0 Å². The highest BCUT2D eigenvalue weighted by Crippen LogP contribution is 2.53. The van der Waals surface area contributed by atoms with Gasteiger partial charge in [-0.3, -0.25) is 9.59 Å². The van der Waals surface area contributed by atoms with Gasteiger partial charge in [0.15, 0.2) is 0 Å². The van der Waals surface area contributed by atoms with Crippen molar-refractivity contribution in [3.8, 4) is 6.07 Å². The monoisotopic (exact) mass is 298 g/mol. The number of benzene rings is 1. The van der Waals surface area contributed by atoms with E-state index in [0.29, 0.717) is 16.3 Å². The fraction of sp³-hybridized carbons (Fsp3) is 0.312. The molecule has 2 fully saturated rings. The number of amides is 2. The fourth-order valence-electron chi connectivity index (χ4n) is 3.92. The number of anilines is 1. The predicted molar refractivity (Wildman–Crippen MR) is 76.4 cm³/mol. The first-order valence-corrected chi connectivity index (χ1v) is 7.25. The molecule has 0 radical (unpaired) electrons. The summed E-state index contributed by atoms with van der Waals surface area (Å²) in [6.45, 7) is 0. The van der Waals surface area contributed by atoms with E-state index < -0.39 is 0 Å². The van der Waals surface area contributed by atoms with E-state index in [1.54, 1.807) is 12.1 Å². The standard InChI is InChI=1S/C16H11ClN2O2/c17-11-4-3-10(7-18)12(6-11)19-15(20)13-8-1-2-9(5-8)14(13)16(19)21/h1-4,6,8-9,13-14H,5H2/t8-,9-,13-,14+/m0/s1. The lowest BCUT2D eigenvalue weighted by Gasteiger charge is -2.18. The van der Waals surface area contributed by atoms with Crippen molar-refractivity contribution in [1.82, 2.24) is 0 Å². The number of nitrogens with zero attached hydrogens (tertiary/aromatic N) is 2. The molecule has 1 heterocycles. The van der Waals surface area contributed by atoms with Crippen molar-refractivity contribution >= 4 is 29.1 Å². The van der Waals surface area contributed by atoms with E-state index in [1.807, 2.05) is 18.2 Å². The summed E-state index contributed by atoms with van der Waals surface area (Å²) in [7, 11) is 0. The van der Waals surface area contributed by atoms with E-state index in [2.05, 4.69) is 0 Å². The van der Waals surface area contributed by atoms with Crippen LogP contribution in [0.4, 0.5) is 5.69 Å². The fourth-order valence-corrected chi connectivity index (χ4v) is 4.09. The Labute approximate surface area is 126 Å². The topological polar surface area (TPSA) is 61.2 Å². The van der Waals surface area contributed by atoms with Crippen molar-refractivity contribution in [1.29, 1.82) is 5.26 Å². The number of fused-ring (bicyclic) bond motifs is 5. The van der Waals surface area contributed by atoms with Crippen LogP contribution in [0.15, 0.2) is 30.4 Å². The molecule has 0 N–H and O–H groups in total. The van der Waals surface area contributed by atoms with Gasteiger partial charge >= 0.3 is 0 Å². The molecule has 3 aliphatic rings. The minimum absolute atomic E-state index is 0.158. The van der Waals surface area contributed by atoms with E-state index in [4.69, 9.17) is 11.6 Å². The molecule has 0 unspecified atom stereocenters. The van der Waals surface area contributed by atoms with Crippen LogP contribution in [0.1, 0.15) is 12.0 Å². The largest absolute Gasteiger partial charge is 0.274 e. The van der Waals surface area contributed by atoms with Crippen LogP contribution in [0, 0.1) is 35.0 Å². The third kappa shape index (κ3) is 1.55. The number of halogens is 1. The molecule has 4 rings (SSSR count). The Hall–Kier alpha value is -2.12. The van der Waals surface area contributed by atoms with E-state index >= 15 is 0 Å². The summed E-state index contributed by atoms with van der Waals surface area (Å²) in [6, 6.07) is 6.67. The van der Waals surface area contributed by atoms with E-state index in [0.717, 1.165) is 6.42 Å². The van der Waals surface area contributed by atoms with Gasteiger partial charge < -0.3 is 0 Å². The Bertz CT molecular complexity index is 719. The van der Waals surface area contributed by atoms with Gasteiger partial charge in [-0.05, 0) is 36.5 Å². The number of carbonyl (C=O) groups excluding carboxylic acids is 2. The van der Waals surface area contributed by atoms with Gasteiger partial charge in [-0.1, -0.05) is 23.8 Å². The molecule has 104 valence electrons. The second-order valence-corrected chi connectivity index (χ2v) is 6.22. The number of hydrogen-bond acceptors (Lipinski definition) is 3. The minimum atomic E-state index is -0.266. The van der Waals surface area contributed by atoms with E-state index in [9.17, 15) is 14.9 Å². The molecule has 4 nitrogen and oxygen atoms in total. The Morgan fingerprint density at radius 2 is 1.76 bits per heavy atom. The lowest BCUT2D eigenvalue weighted by Crippen LogP contribution is -2.33. The minimum Gasteiger partial charge on any atom is -0.274 e. The van der Waals surface area contributed by atoms with Gasteiger partial charge in [-0.25, -0.2) is 4.90 Å². The zero-order valence-electron chi connectivity index (χ0n) is 11.0. The van der Waals surface area contributed by atoms with Crippen molar-refractivity contribution in [2.45, 2.75) is 6.42 Å². The van der Waals surface area contributed by atoms with Gasteiger partial charge in [0, 0.05) is 5.02 Å². The smallest absolute Gasteiger partial charge is 0.238 e. The highest BCUT2D eigenvalue weighted by atomic mass is 35.5. The summed E-state index contributed by atoms with van der Waals surface area (Å²) in [5.41, 5.74) is 0.607. The number of imide groups is 1. The third-order valence-corrected chi connectivity index (χ3v) is 5.03. The van der Waals surface area contributed by atoms with Crippen LogP contribution in [0.2, 0.25) is 5.02 Å². The molecular weight excluding hydrogens is 288 g/mol. The lowest BCUT2D eigenvalue weighted by molar-refractivity contribution is -0.123. The molecule has 5 heteroatoms. The molecule has 0 aromatic heterocycles.